The van der Waals surface area contributed by atoms with Crippen molar-refractivity contribution in [3.05, 3.63) is 69.2 Å². The van der Waals surface area contributed by atoms with Gasteiger partial charge in [0.2, 0.25) is 0 Å². The number of hydrogen-bond acceptors (Lipinski definition) is 0. The van der Waals surface area contributed by atoms with E-state index in [0.717, 1.165) is 5.56 Å². The molecule has 0 aliphatic heterocycles. The molecule has 2 aromatic rings. The average molecular weight is 301 g/mol. The Labute approximate surface area is 121 Å². The zero-order valence-corrected chi connectivity index (χ0v) is 12.0. The van der Waals surface area contributed by atoms with E-state index in [4.69, 9.17) is 23.2 Å². The molecule has 100 valence electrons. The molecule has 0 aromatic heterocycles. The largest absolute Gasteiger partial charge is 0.207 e. The summed E-state index contributed by atoms with van der Waals surface area (Å²) in [6, 6.07) is 7.15. The summed E-state index contributed by atoms with van der Waals surface area (Å²) in [5.41, 5.74) is 2.46. The van der Waals surface area contributed by atoms with Crippen molar-refractivity contribution >= 4 is 23.2 Å². The van der Waals surface area contributed by atoms with Crippen molar-refractivity contribution in [2.24, 2.45) is 0 Å². The van der Waals surface area contributed by atoms with Gasteiger partial charge in [-0.05, 0) is 54.8 Å². The smallest absolute Gasteiger partial charge is 0.129 e. The predicted octanol–water partition coefficient (Wildman–Crippen LogP) is 5.56. The van der Waals surface area contributed by atoms with Crippen molar-refractivity contribution < 1.29 is 8.78 Å². The molecule has 1 atom stereocenters. The minimum atomic E-state index is -0.669. The molecule has 0 aliphatic rings. The second-order valence-electron chi connectivity index (χ2n) is 4.48. The molecule has 19 heavy (non-hydrogen) atoms. The molecule has 0 nitrogen and oxygen atoms in total. The molecule has 0 heterocycles. The second-order valence-corrected chi connectivity index (χ2v) is 5.35. The van der Waals surface area contributed by atoms with Crippen LogP contribution in [-0.4, -0.2) is 0 Å². The zero-order valence-electron chi connectivity index (χ0n) is 10.5. The normalized spacial score (nSPS) is 12.5. The first-order valence-electron chi connectivity index (χ1n) is 5.76. The third kappa shape index (κ3) is 2.90. The molecular formula is C15H12Cl2F2. The van der Waals surface area contributed by atoms with E-state index in [0.29, 0.717) is 21.7 Å². The highest BCUT2D eigenvalue weighted by molar-refractivity contribution is 6.30. The fourth-order valence-electron chi connectivity index (χ4n) is 2.18. The van der Waals surface area contributed by atoms with E-state index in [1.807, 2.05) is 0 Å². The highest BCUT2D eigenvalue weighted by atomic mass is 35.5. The first-order chi connectivity index (χ1) is 8.90. The summed E-state index contributed by atoms with van der Waals surface area (Å²) in [4.78, 5) is 0. The van der Waals surface area contributed by atoms with Crippen molar-refractivity contribution in [1.29, 1.82) is 0 Å². The maximum atomic E-state index is 13.9. The van der Waals surface area contributed by atoms with Crippen LogP contribution < -0.4 is 0 Å². The maximum Gasteiger partial charge on any atom is 0.129 e. The molecule has 0 saturated carbocycles. The van der Waals surface area contributed by atoms with E-state index < -0.39 is 11.2 Å². The maximum absolute atomic E-state index is 13.9. The van der Waals surface area contributed by atoms with Gasteiger partial charge >= 0.3 is 0 Å². The van der Waals surface area contributed by atoms with Gasteiger partial charge < -0.3 is 0 Å². The molecule has 1 unspecified atom stereocenters. The van der Waals surface area contributed by atoms with Crippen LogP contribution in [0, 0.1) is 25.5 Å². The Hall–Kier alpha value is -1.12. The molecule has 0 amide bonds. The molecule has 0 saturated heterocycles. The van der Waals surface area contributed by atoms with Crippen molar-refractivity contribution in [2.75, 3.05) is 0 Å². The molecule has 0 N–H and O–H groups in total. The quantitative estimate of drug-likeness (QED) is 0.637. The van der Waals surface area contributed by atoms with Gasteiger partial charge in [-0.3, -0.25) is 0 Å². The Morgan fingerprint density at radius 2 is 1.58 bits per heavy atom. The fourth-order valence-corrected chi connectivity index (χ4v) is 2.86. The lowest BCUT2D eigenvalue weighted by Crippen LogP contribution is -2.03. The Bertz CT molecular complexity index is 601. The molecule has 0 fully saturated rings. The minimum absolute atomic E-state index is 0.317. The van der Waals surface area contributed by atoms with E-state index >= 15 is 0 Å². The molecule has 0 aliphatic carbocycles. The molecule has 2 rings (SSSR count). The highest BCUT2D eigenvalue weighted by Crippen LogP contribution is 2.35. The summed E-state index contributed by atoms with van der Waals surface area (Å²) in [6.45, 7) is 3.52. The van der Waals surface area contributed by atoms with Gasteiger partial charge in [-0.1, -0.05) is 17.7 Å². The Morgan fingerprint density at radius 1 is 1.00 bits per heavy atom. The van der Waals surface area contributed by atoms with Crippen LogP contribution in [0.3, 0.4) is 0 Å². The zero-order chi connectivity index (χ0) is 14.2. The van der Waals surface area contributed by atoms with E-state index in [1.165, 1.54) is 18.2 Å². The lowest BCUT2D eigenvalue weighted by Gasteiger charge is -2.17. The van der Waals surface area contributed by atoms with Crippen molar-refractivity contribution in [2.45, 2.75) is 19.2 Å². The first-order valence-corrected chi connectivity index (χ1v) is 6.57. The Kier molecular flexibility index (Phi) is 4.12. The summed E-state index contributed by atoms with van der Waals surface area (Å²) in [5.74, 6) is -0.783. The molecule has 0 spiro atoms. The molecule has 0 radical (unpaired) electrons. The van der Waals surface area contributed by atoms with Gasteiger partial charge in [0.25, 0.3) is 0 Å². The summed E-state index contributed by atoms with van der Waals surface area (Å²) in [6.07, 6.45) is 0. The first kappa shape index (κ1) is 14.3. The highest BCUT2D eigenvalue weighted by Gasteiger charge is 2.20. The second kappa shape index (κ2) is 5.48. The van der Waals surface area contributed by atoms with E-state index in [9.17, 15) is 8.78 Å². The molecule has 2 aromatic carbocycles. The fraction of sp³-hybridized carbons (Fsp3) is 0.200. The SMILES string of the molecule is Cc1cc(F)cc(C)c1C(Cl)c1ccc(Cl)cc1F. The summed E-state index contributed by atoms with van der Waals surface area (Å²) < 4.78 is 27.2. The number of benzene rings is 2. The Morgan fingerprint density at radius 3 is 2.11 bits per heavy atom. The van der Waals surface area contributed by atoms with Crippen molar-refractivity contribution in [1.82, 2.24) is 0 Å². The molecular weight excluding hydrogens is 289 g/mol. The van der Waals surface area contributed by atoms with Crippen LogP contribution in [0.15, 0.2) is 30.3 Å². The van der Waals surface area contributed by atoms with Crippen LogP contribution in [0.1, 0.15) is 27.6 Å². The van der Waals surface area contributed by atoms with Crippen LogP contribution in [-0.2, 0) is 0 Å². The van der Waals surface area contributed by atoms with Crippen LogP contribution in [0.2, 0.25) is 5.02 Å². The number of rotatable bonds is 2. The van der Waals surface area contributed by atoms with E-state index in [1.54, 1.807) is 26.0 Å². The summed E-state index contributed by atoms with van der Waals surface area (Å²) in [5, 5.41) is -0.351. The minimum Gasteiger partial charge on any atom is -0.207 e. The molecule has 0 bridgehead atoms. The third-order valence-electron chi connectivity index (χ3n) is 3.05. The van der Waals surface area contributed by atoms with Crippen LogP contribution in [0.25, 0.3) is 0 Å². The number of halogens is 4. The number of hydrogen-bond donors (Lipinski definition) is 0. The van der Waals surface area contributed by atoms with Gasteiger partial charge in [0.15, 0.2) is 0 Å². The number of aryl methyl sites for hydroxylation is 2. The third-order valence-corrected chi connectivity index (χ3v) is 3.74. The predicted molar refractivity (Wildman–Crippen MR) is 75.0 cm³/mol. The van der Waals surface area contributed by atoms with Gasteiger partial charge in [-0.2, -0.15) is 0 Å². The van der Waals surface area contributed by atoms with Gasteiger partial charge in [0.1, 0.15) is 11.6 Å². The average Bonchev–Trinajstić information content (AvgIpc) is 2.26. The lowest BCUT2D eigenvalue weighted by molar-refractivity contribution is 0.610. The van der Waals surface area contributed by atoms with Crippen molar-refractivity contribution in [3.8, 4) is 0 Å². The summed E-state index contributed by atoms with van der Waals surface area (Å²) in [7, 11) is 0. The van der Waals surface area contributed by atoms with Gasteiger partial charge in [-0.15, -0.1) is 11.6 Å². The lowest BCUT2D eigenvalue weighted by atomic mass is 9.95. The van der Waals surface area contributed by atoms with E-state index in [-0.39, 0.29) is 5.82 Å². The van der Waals surface area contributed by atoms with Crippen LogP contribution >= 0.6 is 23.2 Å². The Balaban J connectivity index is 2.53. The van der Waals surface area contributed by atoms with Crippen LogP contribution in [0.5, 0.6) is 0 Å². The van der Waals surface area contributed by atoms with Crippen molar-refractivity contribution in [3.63, 3.8) is 0 Å². The molecule has 4 heteroatoms. The van der Waals surface area contributed by atoms with Gasteiger partial charge in [0.05, 0.1) is 5.38 Å². The summed E-state index contributed by atoms with van der Waals surface area (Å²) >= 11 is 12.1. The monoisotopic (exact) mass is 300 g/mol. The van der Waals surface area contributed by atoms with Gasteiger partial charge in [-0.25, -0.2) is 8.78 Å². The standard InChI is InChI=1S/C15H12Cl2F2/c1-8-5-11(18)6-9(2)14(8)15(17)12-4-3-10(16)7-13(12)19/h3-7,15H,1-2H3. The topological polar surface area (TPSA) is 0 Å². The van der Waals surface area contributed by atoms with Crippen LogP contribution in [0.4, 0.5) is 8.78 Å². The number of alkyl halides is 1. The van der Waals surface area contributed by atoms with Gasteiger partial charge in [0, 0.05) is 10.6 Å². The van der Waals surface area contributed by atoms with E-state index in [2.05, 4.69) is 0 Å².